The van der Waals surface area contributed by atoms with Gasteiger partial charge in [0.1, 0.15) is 17.3 Å². The van der Waals surface area contributed by atoms with Crippen LogP contribution >= 0.6 is 0 Å². The molecule has 2 aromatic rings. The van der Waals surface area contributed by atoms with E-state index < -0.39 is 27.9 Å². The van der Waals surface area contributed by atoms with Crippen molar-refractivity contribution in [2.45, 2.75) is 44.2 Å². The molecule has 9 heteroatoms. The molecule has 0 aliphatic rings. The highest BCUT2D eigenvalue weighted by Crippen LogP contribution is 2.28. The highest BCUT2D eigenvalue weighted by atomic mass is 32.2. The summed E-state index contributed by atoms with van der Waals surface area (Å²) < 4.78 is 51.2. The van der Waals surface area contributed by atoms with Crippen molar-refractivity contribution in [3.63, 3.8) is 0 Å². The van der Waals surface area contributed by atoms with E-state index in [4.69, 9.17) is 9.47 Å². The van der Waals surface area contributed by atoms with Crippen LogP contribution in [0.1, 0.15) is 27.2 Å². The summed E-state index contributed by atoms with van der Waals surface area (Å²) in [6.45, 7) is 5.18. The van der Waals surface area contributed by atoms with Crippen molar-refractivity contribution in [1.82, 2.24) is 4.72 Å². The van der Waals surface area contributed by atoms with E-state index in [1.165, 1.54) is 49.6 Å². The van der Waals surface area contributed by atoms with Crippen molar-refractivity contribution in [2.24, 2.45) is 0 Å². The van der Waals surface area contributed by atoms with Crippen LogP contribution in [-0.2, 0) is 14.8 Å². The number of benzene rings is 2. The van der Waals surface area contributed by atoms with E-state index in [-0.39, 0.29) is 16.6 Å². The molecule has 0 saturated heterocycles. The standard InChI is InChI=1S/C20H25FN2O5S/c1-5-18(28-15-8-6-14(21)7-9-15)20(24)22-17-12-16(10-11-19(17)27-4)29(25,26)23-13(2)3/h6-13,18,23H,5H2,1-4H3,(H,22,24)/t18-/m0/s1. The zero-order valence-corrected chi connectivity index (χ0v) is 17.5. The second-order valence-electron chi connectivity index (χ2n) is 6.60. The number of ether oxygens (including phenoxy) is 2. The van der Waals surface area contributed by atoms with Crippen LogP contribution in [-0.4, -0.2) is 33.6 Å². The Bertz CT molecular complexity index is 946. The molecular formula is C20H25FN2O5S. The van der Waals surface area contributed by atoms with Gasteiger partial charge in [-0.3, -0.25) is 4.79 Å². The average molecular weight is 424 g/mol. The van der Waals surface area contributed by atoms with E-state index in [1.807, 2.05) is 0 Å². The molecule has 0 radical (unpaired) electrons. The average Bonchev–Trinajstić information content (AvgIpc) is 2.66. The summed E-state index contributed by atoms with van der Waals surface area (Å²) in [5.41, 5.74) is 0.199. The fourth-order valence-corrected chi connectivity index (χ4v) is 3.82. The minimum atomic E-state index is -3.74. The number of hydrogen-bond acceptors (Lipinski definition) is 5. The van der Waals surface area contributed by atoms with Gasteiger partial charge < -0.3 is 14.8 Å². The van der Waals surface area contributed by atoms with E-state index in [0.717, 1.165) is 0 Å². The predicted molar refractivity (Wildman–Crippen MR) is 108 cm³/mol. The van der Waals surface area contributed by atoms with E-state index in [9.17, 15) is 17.6 Å². The van der Waals surface area contributed by atoms with Gasteiger partial charge in [-0.05, 0) is 62.7 Å². The fourth-order valence-electron chi connectivity index (χ4n) is 2.54. The second-order valence-corrected chi connectivity index (χ2v) is 8.31. The summed E-state index contributed by atoms with van der Waals surface area (Å²) in [4.78, 5) is 12.7. The number of sulfonamides is 1. The monoisotopic (exact) mass is 424 g/mol. The minimum absolute atomic E-state index is 0.00481. The molecule has 7 nitrogen and oxygen atoms in total. The molecule has 1 atom stereocenters. The van der Waals surface area contributed by atoms with Crippen molar-refractivity contribution < 1.29 is 27.1 Å². The van der Waals surface area contributed by atoms with Gasteiger partial charge in [0.2, 0.25) is 10.0 Å². The van der Waals surface area contributed by atoms with Crippen LogP contribution in [0.3, 0.4) is 0 Å². The van der Waals surface area contributed by atoms with E-state index >= 15 is 0 Å². The Morgan fingerprint density at radius 3 is 2.34 bits per heavy atom. The number of nitrogens with one attached hydrogen (secondary N) is 2. The van der Waals surface area contributed by atoms with Gasteiger partial charge in [-0.15, -0.1) is 0 Å². The third kappa shape index (κ3) is 6.16. The molecule has 1 amide bonds. The van der Waals surface area contributed by atoms with E-state index in [1.54, 1.807) is 20.8 Å². The van der Waals surface area contributed by atoms with Gasteiger partial charge in [0.05, 0.1) is 17.7 Å². The highest BCUT2D eigenvalue weighted by molar-refractivity contribution is 7.89. The van der Waals surface area contributed by atoms with E-state index in [2.05, 4.69) is 10.0 Å². The Morgan fingerprint density at radius 2 is 1.79 bits per heavy atom. The summed E-state index contributed by atoms with van der Waals surface area (Å²) in [5.74, 6) is -0.245. The van der Waals surface area contributed by atoms with Crippen LogP contribution in [0.2, 0.25) is 0 Å². The minimum Gasteiger partial charge on any atom is -0.495 e. The lowest BCUT2D eigenvalue weighted by Crippen LogP contribution is -2.33. The zero-order chi connectivity index (χ0) is 21.6. The Hall–Kier alpha value is -2.65. The Balaban J connectivity index is 2.24. The quantitative estimate of drug-likeness (QED) is 0.644. The van der Waals surface area contributed by atoms with Crippen molar-refractivity contribution in [2.75, 3.05) is 12.4 Å². The first kappa shape index (κ1) is 22.6. The number of anilines is 1. The van der Waals surface area contributed by atoms with Crippen molar-refractivity contribution in [3.05, 3.63) is 48.3 Å². The van der Waals surface area contributed by atoms with Gasteiger partial charge in [0, 0.05) is 6.04 Å². The molecule has 0 aliphatic heterocycles. The summed E-state index contributed by atoms with van der Waals surface area (Å²) in [6.07, 6.45) is -0.516. The zero-order valence-electron chi connectivity index (χ0n) is 16.7. The molecule has 0 fully saturated rings. The first-order valence-corrected chi connectivity index (χ1v) is 10.6. The van der Waals surface area contributed by atoms with Gasteiger partial charge in [-0.25, -0.2) is 17.5 Å². The molecule has 0 aromatic heterocycles. The van der Waals surface area contributed by atoms with Crippen LogP contribution in [0.5, 0.6) is 11.5 Å². The Kier molecular flexibility index (Phi) is 7.58. The van der Waals surface area contributed by atoms with Crippen LogP contribution in [0, 0.1) is 5.82 Å². The maximum absolute atomic E-state index is 13.0. The molecule has 2 N–H and O–H groups in total. The lowest BCUT2D eigenvalue weighted by Gasteiger charge is -2.19. The molecule has 2 aromatic carbocycles. The number of rotatable bonds is 9. The van der Waals surface area contributed by atoms with Crippen molar-refractivity contribution in [1.29, 1.82) is 0 Å². The largest absolute Gasteiger partial charge is 0.495 e. The summed E-state index contributed by atoms with van der Waals surface area (Å²) in [6, 6.07) is 9.23. The third-order valence-corrected chi connectivity index (χ3v) is 5.54. The molecule has 158 valence electrons. The van der Waals surface area contributed by atoms with Crippen molar-refractivity contribution in [3.8, 4) is 11.5 Å². The summed E-state index contributed by atoms with van der Waals surface area (Å²) in [5, 5.41) is 2.65. The molecule has 2 rings (SSSR count). The van der Waals surface area contributed by atoms with Crippen LogP contribution in [0.25, 0.3) is 0 Å². The third-order valence-electron chi connectivity index (χ3n) is 3.89. The fraction of sp³-hybridized carbons (Fsp3) is 0.350. The summed E-state index contributed by atoms with van der Waals surface area (Å²) in [7, 11) is -2.33. The Morgan fingerprint density at radius 1 is 1.14 bits per heavy atom. The molecule has 0 aliphatic carbocycles. The predicted octanol–water partition coefficient (Wildman–Crippen LogP) is 3.32. The van der Waals surface area contributed by atoms with Gasteiger partial charge in [-0.1, -0.05) is 6.92 Å². The van der Waals surface area contributed by atoms with Gasteiger partial charge >= 0.3 is 0 Å². The molecule has 0 unspecified atom stereocenters. The first-order valence-electron chi connectivity index (χ1n) is 9.09. The molecule has 0 heterocycles. The number of carbonyl (C=O) groups is 1. The molecule has 0 spiro atoms. The number of hydrogen-bond donors (Lipinski definition) is 2. The lowest BCUT2D eigenvalue weighted by atomic mass is 10.2. The number of halogens is 1. The second kappa shape index (κ2) is 9.71. The topological polar surface area (TPSA) is 93.7 Å². The number of amides is 1. The van der Waals surface area contributed by atoms with Crippen LogP contribution in [0.15, 0.2) is 47.4 Å². The first-order chi connectivity index (χ1) is 13.7. The van der Waals surface area contributed by atoms with Crippen LogP contribution < -0.4 is 19.5 Å². The highest BCUT2D eigenvalue weighted by Gasteiger charge is 2.22. The van der Waals surface area contributed by atoms with Gasteiger partial charge in [0.15, 0.2) is 6.10 Å². The van der Waals surface area contributed by atoms with E-state index in [0.29, 0.717) is 17.9 Å². The molecule has 0 bridgehead atoms. The Labute approximate surface area is 170 Å². The molecular weight excluding hydrogens is 399 g/mol. The smallest absolute Gasteiger partial charge is 0.265 e. The number of carbonyl (C=O) groups excluding carboxylic acids is 1. The number of methoxy groups -OCH3 is 1. The van der Waals surface area contributed by atoms with Gasteiger partial charge in [-0.2, -0.15) is 0 Å². The maximum Gasteiger partial charge on any atom is 0.265 e. The van der Waals surface area contributed by atoms with Crippen LogP contribution in [0.4, 0.5) is 10.1 Å². The lowest BCUT2D eigenvalue weighted by molar-refractivity contribution is -0.122. The maximum atomic E-state index is 13.0. The normalized spacial score (nSPS) is 12.5. The molecule has 0 saturated carbocycles. The van der Waals surface area contributed by atoms with Crippen molar-refractivity contribution >= 4 is 21.6 Å². The van der Waals surface area contributed by atoms with Gasteiger partial charge in [0.25, 0.3) is 5.91 Å². The molecule has 29 heavy (non-hydrogen) atoms. The summed E-state index contributed by atoms with van der Waals surface area (Å²) >= 11 is 0. The SMILES string of the molecule is CC[C@H](Oc1ccc(F)cc1)C(=O)Nc1cc(S(=O)(=O)NC(C)C)ccc1OC.